The summed E-state index contributed by atoms with van der Waals surface area (Å²) in [5.41, 5.74) is 0.143. The topological polar surface area (TPSA) is 64.6 Å². The van der Waals surface area contributed by atoms with Crippen molar-refractivity contribution >= 4 is 23.6 Å². The van der Waals surface area contributed by atoms with Crippen molar-refractivity contribution in [3.8, 4) is 0 Å². The zero-order chi connectivity index (χ0) is 12.3. The highest BCUT2D eigenvalue weighted by Crippen LogP contribution is 2.38. The van der Waals surface area contributed by atoms with Crippen molar-refractivity contribution in [3.05, 3.63) is 12.2 Å². The van der Waals surface area contributed by atoms with Crippen LogP contribution in [0.5, 0.6) is 0 Å². The lowest BCUT2D eigenvalue weighted by molar-refractivity contribution is -0.146. The summed E-state index contributed by atoms with van der Waals surface area (Å²) < 4.78 is 9.82. The molecule has 1 rings (SSSR count). The maximum atomic E-state index is 11.8. The van der Waals surface area contributed by atoms with E-state index < -0.39 is 10.8 Å². The zero-order valence-electron chi connectivity index (χ0n) is 9.53. The van der Waals surface area contributed by atoms with Gasteiger partial charge >= 0.3 is 5.97 Å². The van der Waals surface area contributed by atoms with Crippen molar-refractivity contribution in [1.29, 1.82) is 0 Å². The molecular weight excluding hydrogens is 230 g/mol. The third-order valence-electron chi connectivity index (χ3n) is 2.31. The highest BCUT2D eigenvalue weighted by atomic mass is 32.2. The van der Waals surface area contributed by atoms with Crippen LogP contribution in [0.3, 0.4) is 0 Å². The van der Waals surface area contributed by atoms with E-state index in [4.69, 9.17) is 9.47 Å². The van der Waals surface area contributed by atoms with Gasteiger partial charge < -0.3 is 14.8 Å². The summed E-state index contributed by atoms with van der Waals surface area (Å²) >= 11 is 1.20. The van der Waals surface area contributed by atoms with Crippen molar-refractivity contribution in [1.82, 2.24) is 5.32 Å². The van der Waals surface area contributed by atoms with E-state index in [0.717, 1.165) is 0 Å². The van der Waals surface area contributed by atoms with Crippen LogP contribution in [0, 0.1) is 0 Å². The maximum Gasteiger partial charge on any atom is 0.346 e. The quantitative estimate of drug-likeness (QED) is 0.584. The van der Waals surface area contributed by atoms with Crippen LogP contribution in [0.15, 0.2) is 12.2 Å². The third kappa shape index (κ3) is 2.22. The maximum absolute atomic E-state index is 11.8. The number of hydrogen-bond donors (Lipinski definition) is 1. The predicted molar refractivity (Wildman–Crippen MR) is 60.7 cm³/mol. The first-order valence-electron chi connectivity index (χ1n) is 4.72. The fourth-order valence-corrected chi connectivity index (χ4v) is 2.70. The molecule has 1 aliphatic heterocycles. The Morgan fingerprint density at radius 2 is 2.25 bits per heavy atom. The van der Waals surface area contributed by atoms with Crippen molar-refractivity contribution < 1.29 is 19.1 Å². The molecule has 16 heavy (non-hydrogen) atoms. The van der Waals surface area contributed by atoms with Gasteiger partial charge in [-0.15, -0.1) is 0 Å². The summed E-state index contributed by atoms with van der Waals surface area (Å²) in [4.78, 5) is 22.1. The van der Waals surface area contributed by atoms with Crippen LogP contribution < -0.4 is 5.32 Å². The molecule has 1 saturated heterocycles. The molecule has 90 valence electrons. The monoisotopic (exact) mass is 245 g/mol. The fraction of sp³-hybridized carbons (Fsp3) is 0.600. The van der Waals surface area contributed by atoms with Gasteiger partial charge in [0, 0.05) is 7.11 Å². The lowest BCUT2D eigenvalue weighted by Gasteiger charge is -2.38. The summed E-state index contributed by atoms with van der Waals surface area (Å²) in [6, 6.07) is 0. The van der Waals surface area contributed by atoms with Gasteiger partial charge in [-0.25, -0.2) is 4.79 Å². The summed E-state index contributed by atoms with van der Waals surface area (Å²) in [6.07, 6.45) is 0.215. The first-order valence-corrected chi connectivity index (χ1v) is 5.60. The minimum absolute atomic E-state index is 0.215. The van der Waals surface area contributed by atoms with Gasteiger partial charge in [-0.2, -0.15) is 0 Å². The first-order chi connectivity index (χ1) is 7.46. The van der Waals surface area contributed by atoms with Crippen LogP contribution >= 0.6 is 11.8 Å². The molecule has 6 heteroatoms. The van der Waals surface area contributed by atoms with Crippen LogP contribution in [-0.2, 0) is 19.1 Å². The molecule has 0 saturated carbocycles. The van der Waals surface area contributed by atoms with E-state index in [2.05, 4.69) is 11.9 Å². The Kier molecular flexibility index (Phi) is 3.98. The minimum atomic E-state index is -1.23. The van der Waals surface area contributed by atoms with Crippen LogP contribution in [0.25, 0.3) is 0 Å². The second-order valence-corrected chi connectivity index (χ2v) is 4.86. The van der Waals surface area contributed by atoms with Crippen LogP contribution in [0.4, 0.5) is 0 Å². The number of methoxy groups -OCH3 is 2. The van der Waals surface area contributed by atoms with Crippen LogP contribution in [0.1, 0.15) is 13.3 Å². The Hall–Kier alpha value is -1.01. The number of esters is 1. The van der Waals surface area contributed by atoms with Gasteiger partial charge in [0.1, 0.15) is 5.44 Å². The number of carbonyl (C=O) groups is 2. The normalized spacial score (nSPS) is 29.4. The van der Waals surface area contributed by atoms with Crippen molar-refractivity contribution in [2.75, 3.05) is 14.2 Å². The molecule has 1 aliphatic rings. The van der Waals surface area contributed by atoms with E-state index in [1.165, 1.54) is 26.0 Å². The van der Waals surface area contributed by atoms with Gasteiger partial charge in [-0.3, -0.25) is 4.79 Å². The SMILES string of the molecule is C=C(C)[C@@]1(C(=O)OC)NC(=O)C[C@H](OC)S1. The van der Waals surface area contributed by atoms with E-state index in [-0.39, 0.29) is 17.8 Å². The fourth-order valence-electron chi connectivity index (χ4n) is 1.42. The van der Waals surface area contributed by atoms with Gasteiger partial charge in [0.15, 0.2) is 0 Å². The van der Waals surface area contributed by atoms with E-state index in [0.29, 0.717) is 5.57 Å². The summed E-state index contributed by atoms with van der Waals surface area (Å²) in [5, 5.41) is 2.61. The number of rotatable bonds is 3. The molecule has 1 heterocycles. The molecule has 0 aromatic carbocycles. The molecule has 0 radical (unpaired) electrons. The Bertz CT molecular complexity index is 331. The van der Waals surface area contributed by atoms with E-state index in [9.17, 15) is 9.59 Å². The van der Waals surface area contributed by atoms with Gasteiger partial charge in [0.05, 0.1) is 13.5 Å². The highest BCUT2D eigenvalue weighted by molar-refractivity contribution is 8.02. The predicted octanol–water partition coefficient (Wildman–Crippen LogP) is 0.657. The molecule has 1 amide bonds. The Morgan fingerprint density at radius 1 is 1.62 bits per heavy atom. The molecule has 0 spiro atoms. The number of hydrogen-bond acceptors (Lipinski definition) is 5. The van der Waals surface area contributed by atoms with E-state index >= 15 is 0 Å². The Labute approximate surface area is 98.6 Å². The largest absolute Gasteiger partial charge is 0.466 e. The average molecular weight is 245 g/mol. The number of nitrogens with one attached hydrogen (secondary N) is 1. The standard InChI is InChI=1S/C10H15NO4S/c1-6(2)10(9(13)15-4)11-7(12)5-8(14-3)16-10/h8H,1,5H2,2-4H3,(H,11,12)/t8-,10-/m1/s1. The molecule has 0 aliphatic carbocycles. The molecule has 0 bridgehead atoms. The minimum Gasteiger partial charge on any atom is -0.466 e. The van der Waals surface area contributed by atoms with Gasteiger partial charge in [0.25, 0.3) is 0 Å². The van der Waals surface area contributed by atoms with E-state index in [1.807, 2.05) is 0 Å². The van der Waals surface area contributed by atoms with E-state index in [1.54, 1.807) is 6.92 Å². The van der Waals surface area contributed by atoms with Crippen molar-refractivity contribution in [2.45, 2.75) is 23.7 Å². The second kappa shape index (κ2) is 4.88. The molecule has 0 unspecified atom stereocenters. The summed E-state index contributed by atoms with van der Waals surface area (Å²) in [7, 11) is 2.77. The van der Waals surface area contributed by atoms with Crippen LogP contribution in [-0.4, -0.2) is 36.4 Å². The second-order valence-electron chi connectivity index (χ2n) is 3.49. The molecule has 1 N–H and O–H groups in total. The van der Waals surface area contributed by atoms with Crippen LogP contribution in [0.2, 0.25) is 0 Å². The molecule has 2 atom stereocenters. The van der Waals surface area contributed by atoms with Gasteiger partial charge in [0.2, 0.25) is 10.8 Å². The summed E-state index contributed by atoms with van der Waals surface area (Å²) in [6.45, 7) is 5.40. The Morgan fingerprint density at radius 3 is 2.69 bits per heavy atom. The number of ether oxygens (including phenoxy) is 2. The third-order valence-corrected chi connectivity index (χ3v) is 3.91. The molecule has 1 fully saturated rings. The van der Waals surface area contributed by atoms with Gasteiger partial charge in [-0.05, 0) is 12.5 Å². The van der Waals surface area contributed by atoms with Crippen molar-refractivity contribution in [2.24, 2.45) is 0 Å². The number of carbonyl (C=O) groups excluding carboxylic acids is 2. The smallest absolute Gasteiger partial charge is 0.346 e. The number of thioether (sulfide) groups is 1. The molecule has 5 nitrogen and oxygen atoms in total. The summed E-state index contributed by atoms with van der Waals surface area (Å²) in [5.74, 6) is -0.792. The molecular formula is C10H15NO4S. The molecule has 0 aromatic heterocycles. The Balaban J connectivity index is 3.05. The van der Waals surface area contributed by atoms with Gasteiger partial charge in [-0.1, -0.05) is 18.3 Å². The lowest BCUT2D eigenvalue weighted by Crippen LogP contribution is -2.58. The zero-order valence-corrected chi connectivity index (χ0v) is 10.3. The van der Waals surface area contributed by atoms with Crippen molar-refractivity contribution in [3.63, 3.8) is 0 Å². The average Bonchev–Trinajstić information content (AvgIpc) is 2.26. The first kappa shape index (κ1) is 13.1. The molecule has 0 aromatic rings. The lowest BCUT2D eigenvalue weighted by atomic mass is 10.1. The highest BCUT2D eigenvalue weighted by Gasteiger charge is 2.48. The number of amides is 1.